The first-order valence-electron chi connectivity index (χ1n) is 13.8. The third-order valence-electron chi connectivity index (χ3n) is 8.25. The monoisotopic (exact) mass is 605 g/mol. The van der Waals surface area contributed by atoms with Crippen molar-refractivity contribution in [2.24, 2.45) is 0 Å². The number of hydrogen-bond acceptors (Lipinski definition) is 6. The second-order valence-corrected chi connectivity index (χ2v) is 10.7. The summed E-state index contributed by atoms with van der Waals surface area (Å²) in [5.41, 5.74) is 8.82. The molecule has 208 valence electrons. The molecule has 0 radical (unpaired) electrons. The average Bonchev–Trinajstić information content (AvgIpc) is 3.74. The summed E-state index contributed by atoms with van der Waals surface area (Å²) in [4.78, 5) is 37.2. The zero-order chi connectivity index (χ0) is 27.9. The van der Waals surface area contributed by atoms with Gasteiger partial charge in [-0.15, -0.1) is 0 Å². The van der Waals surface area contributed by atoms with Crippen LogP contribution in [0.5, 0.6) is 0 Å². The van der Waals surface area contributed by atoms with Crippen LogP contribution >= 0.6 is 0 Å². The molecule has 0 fully saturated rings. The zero-order valence-electron chi connectivity index (χ0n) is 23.1. The molecule has 0 aliphatic carbocycles. The van der Waals surface area contributed by atoms with E-state index in [1.165, 1.54) is 5.56 Å². The quantitative estimate of drug-likeness (QED) is 0.173. The van der Waals surface area contributed by atoms with Crippen molar-refractivity contribution in [1.29, 1.82) is 0 Å². The fraction of sp³-hybridized carbons (Fsp3) is 0.0588. The number of fused-ring (bicyclic) bond motifs is 20. The van der Waals surface area contributed by atoms with E-state index in [9.17, 15) is 0 Å². The minimum Gasteiger partial charge on any atom is -0.324 e. The third-order valence-corrected chi connectivity index (χ3v) is 8.25. The van der Waals surface area contributed by atoms with Crippen LogP contribution in [-0.2, 0) is 17.1 Å². The van der Waals surface area contributed by atoms with Crippen LogP contribution in [0.25, 0.3) is 89.7 Å². The molecule has 9 rings (SSSR count). The number of nitrogens with zero attached hydrogens (tertiary/aromatic N) is 6. The van der Waals surface area contributed by atoms with Gasteiger partial charge < -0.3 is 9.97 Å². The summed E-state index contributed by atoms with van der Waals surface area (Å²) in [6.45, 7) is 4.23. The maximum Gasteiger partial charge on any atom is 1.00 e. The van der Waals surface area contributed by atoms with Crippen molar-refractivity contribution in [2.75, 3.05) is 0 Å². The van der Waals surface area contributed by atoms with Crippen molar-refractivity contribution in [2.45, 2.75) is 13.8 Å². The van der Waals surface area contributed by atoms with Crippen LogP contribution in [-0.4, -0.2) is 39.9 Å². The number of hydrogen-bond donors (Lipinski definition) is 2. The van der Waals surface area contributed by atoms with Crippen molar-refractivity contribution < 1.29 is 17.1 Å². The molecule has 2 N–H and O–H groups in total. The van der Waals surface area contributed by atoms with Gasteiger partial charge in [0, 0.05) is 43.8 Å². The van der Waals surface area contributed by atoms with Gasteiger partial charge in [0.25, 0.3) is 0 Å². The number of aromatic nitrogens is 8. The Labute approximate surface area is 255 Å². The standard InChI is InChI=1S/C34H22N8.Cu/c1-17-15-16-25-26(18(17)2)34-41-32-24-14-8-7-13-23(24)30(39-32)37-28-20-10-4-3-9-19(20)27(35-28)36-29-21-11-5-6-12-22(21)31(38-29)40-33(25)42-34;/h3-16H,1-2H3,(H2,35,36,37,38,39,40,41,42);/q;+1. The molecule has 8 bridgehead atoms. The van der Waals surface area contributed by atoms with E-state index in [1.807, 2.05) is 72.8 Å². The first-order valence-corrected chi connectivity index (χ1v) is 13.8. The molecule has 0 spiro atoms. The topological polar surface area (TPSA) is 109 Å². The van der Waals surface area contributed by atoms with Crippen molar-refractivity contribution in [3.05, 3.63) is 96.1 Å². The number of aryl methyl sites for hydroxylation is 2. The molecule has 43 heavy (non-hydrogen) atoms. The summed E-state index contributed by atoms with van der Waals surface area (Å²) in [6.07, 6.45) is 0. The molecule has 0 saturated carbocycles. The van der Waals surface area contributed by atoms with E-state index in [2.05, 4.69) is 35.9 Å². The summed E-state index contributed by atoms with van der Waals surface area (Å²) in [7, 11) is 0. The molecule has 3 aromatic heterocycles. The van der Waals surface area contributed by atoms with Crippen LogP contribution in [0, 0.1) is 13.8 Å². The minimum absolute atomic E-state index is 0. The molecule has 4 aromatic carbocycles. The summed E-state index contributed by atoms with van der Waals surface area (Å²) in [6, 6.07) is 28.5. The van der Waals surface area contributed by atoms with Gasteiger partial charge in [-0.3, -0.25) is 0 Å². The largest absolute Gasteiger partial charge is 1.00 e. The van der Waals surface area contributed by atoms with E-state index in [-0.39, 0.29) is 17.1 Å². The molecule has 2 aliphatic heterocycles. The van der Waals surface area contributed by atoms with Gasteiger partial charge in [-0.05, 0) is 25.0 Å². The molecule has 0 atom stereocenters. The molecule has 8 nitrogen and oxygen atoms in total. The Morgan fingerprint density at radius 3 is 1.30 bits per heavy atom. The van der Waals surface area contributed by atoms with Crippen molar-refractivity contribution in [3.63, 3.8) is 0 Å². The number of rotatable bonds is 0. The van der Waals surface area contributed by atoms with Crippen LogP contribution in [0.1, 0.15) is 11.1 Å². The van der Waals surface area contributed by atoms with Crippen LogP contribution in [0.15, 0.2) is 84.9 Å². The number of nitrogens with one attached hydrogen (secondary N) is 2. The first-order chi connectivity index (χ1) is 20.6. The fourth-order valence-electron chi connectivity index (χ4n) is 6.00. The van der Waals surface area contributed by atoms with Crippen LogP contribution in [0.2, 0.25) is 0 Å². The van der Waals surface area contributed by atoms with E-state index in [1.54, 1.807) is 0 Å². The SMILES string of the molecule is Cc1ccc2c3nc4nc(nc5[nH]c(nc6nc(nc([nH]3)c2c1C)-c1ccccc1-6)c1ccccc51)-c1ccccc1-4.[Cu+]. The molecular formula is C34H22CuN8+. The van der Waals surface area contributed by atoms with Crippen LogP contribution in [0.4, 0.5) is 0 Å². The number of aromatic amines is 2. The molecule has 0 saturated heterocycles. The van der Waals surface area contributed by atoms with E-state index in [4.69, 9.17) is 29.9 Å². The Morgan fingerprint density at radius 1 is 0.419 bits per heavy atom. The maximum absolute atomic E-state index is 5.12. The third kappa shape index (κ3) is 3.75. The second kappa shape index (κ2) is 9.39. The Hall–Kier alpha value is -5.24. The Bertz CT molecular complexity index is 2450. The first kappa shape index (κ1) is 25.5. The van der Waals surface area contributed by atoms with Gasteiger partial charge in [0.1, 0.15) is 22.6 Å². The van der Waals surface area contributed by atoms with Crippen molar-refractivity contribution >= 4 is 44.1 Å². The van der Waals surface area contributed by atoms with E-state index >= 15 is 0 Å². The molecular weight excluding hydrogens is 584 g/mol. The number of H-pyrrole nitrogens is 2. The van der Waals surface area contributed by atoms with Gasteiger partial charge in [-0.2, -0.15) is 0 Å². The fourth-order valence-corrected chi connectivity index (χ4v) is 6.00. The summed E-state index contributed by atoms with van der Waals surface area (Å²) < 4.78 is 0. The predicted molar refractivity (Wildman–Crippen MR) is 166 cm³/mol. The Morgan fingerprint density at radius 2 is 0.814 bits per heavy atom. The van der Waals surface area contributed by atoms with Crippen molar-refractivity contribution in [3.8, 4) is 45.6 Å². The normalized spacial score (nSPS) is 11.8. The molecule has 2 aliphatic rings. The van der Waals surface area contributed by atoms with Crippen molar-refractivity contribution in [1.82, 2.24) is 39.9 Å². The van der Waals surface area contributed by atoms with E-state index < -0.39 is 0 Å². The van der Waals surface area contributed by atoms with Gasteiger partial charge in [0.15, 0.2) is 23.3 Å². The molecule has 0 unspecified atom stereocenters. The van der Waals surface area contributed by atoms with Crippen LogP contribution < -0.4 is 0 Å². The molecule has 7 aromatic rings. The summed E-state index contributed by atoms with van der Waals surface area (Å²) in [5.74, 6) is 2.40. The van der Waals surface area contributed by atoms with Gasteiger partial charge in [-0.1, -0.05) is 84.9 Å². The maximum atomic E-state index is 5.12. The Balaban J connectivity index is 0.00000278. The van der Waals surface area contributed by atoms with Gasteiger partial charge in [0.2, 0.25) is 0 Å². The smallest absolute Gasteiger partial charge is 0.324 e. The average molecular weight is 606 g/mol. The van der Waals surface area contributed by atoms with E-state index in [0.717, 1.165) is 49.4 Å². The molecule has 5 heterocycles. The Kier molecular flexibility index (Phi) is 5.56. The van der Waals surface area contributed by atoms with E-state index in [0.29, 0.717) is 45.9 Å². The summed E-state index contributed by atoms with van der Waals surface area (Å²) in [5, 5.41) is 3.91. The summed E-state index contributed by atoms with van der Waals surface area (Å²) >= 11 is 0. The molecule has 0 amide bonds. The minimum atomic E-state index is 0. The van der Waals surface area contributed by atoms with Gasteiger partial charge in [0.05, 0.1) is 0 Å². The van der Waals surface area contributed by atoms with Gasteiger partial charge in [-0.25, -0.2) is 29.9 Å². The van der Waals surface area contributed by atoms with Gasteiger partial charge >= 0.3 is 17.1 Å². The predicted octanol–water partition coefficient (Wildman–Crippen LogP) is 7.48. The number of benzene rings is 4. The van der Waals surface area contributed by atoms with Crippen LogP contribution in [0.3, 0.4) is 0 Å². The zero-order valence-corrected chi connectivity index (χ0v) is 24.0. The second-order valence-electron chi connectivity index (χ2n) is 10.7. The molecule has 9 heteroatoms.